The number of halogens is 2. The van der Waals surface area contributed by atoms with Crippen molar-refractivity contribution in [1.29, 1.82) is 0 Å². The first kappa shape index (κ1) is 19.3. The molecule has 0 saturated carbocycles. The number of fused-ring (bicyclic) bond motifs is 2. The van der Waals surface area contributed by atoms with Crippen molar-refractivity contribution in [3.8, 4) is 0 Å². The molecule has 119 valence electrons. The minimum Gasteiger partial charge on any atom is -1.00 e. The molecule has 0 aliphatic heterocycles. The van der Waals surface area contributed by atoms with Crippen molar-refractivity contribution in [2.24, 2.45) is 0 Å². The van der Waals surface area contributed by atoms with Crippen LogP contribution in [0.5, 0.6) is 0 Å². The standard InChI is InChI=1S/C21H17.2ClH.Ti/c1-14(2)17-11-12-19-18-10-6-5-9-16(18)13-20(19)21(17)15-7-3-4-8-15;;;/h3-7,9-12H,8H2,1-2H3;2*1H;/q;;;+2/p-2. The summed E-state index contributed by atoms with van der Waals surface area (Å²) in [7, 11) is 0. The van der Waals surface area contributed by atoms with Gasteiger partial charge in [0.1, 0.15) is 0 Å². The molecule has 0 saturated heterocycles. The SMILES string of the molecule is CC(C)=c1ccc2c(c1C1=CC=CC1)[C]([Ti+2])=c1ccccc1=2.[Cl-].[Cl-]. The molecule has 0 radical (unpaired) electrons. The van der Waals surface area contributed by atoms with Crippen LogP contribution in [0.25, 0.3) is 15.0 Å². The third-order valence-corrected chi connectivity index (χ3v) is 5.38. The first-order valence-corrected chi connectivity index (χ1v) is 8.49. The Balaban J connectivity index is 0.00000104. The zero-order valence-corrected chi connectivity index (χ0v) is 16.7. The van der Waals surface area contributed by atoms with Gasteiger partial charge in [-0.25, -0.2) is 0 Å². The summed E-state index contributed by atoms with van der Waals surface area (Å²) in [6.07, 6.45) is 7.75. The molecule has 0 bridgehead atoms. The summed E-state index contributed by atoms with van der Waals surface area (Å²) >= 11 is 2.27. The maximum Gasteiger partial charge on any atom is -1.00 e. The Kier molecular flexibility index (Phi) is 5.99. The van der Waals surface area contributed by atoms with Gasteiger partial charge in [-0.2, -0.15) is 0 Å². The van der Waals surface area contributed by atoms with Crippen LogP contribution in [-0.4, -0.2) is 0 Å². The molecular formula is C21H17Cl2Ti. The second kappa shape index (κ2) is 7.46. The van der Waals surface area contributed by atoms with E-state index in [-0.39, 0.29) is 24.8 Å². The maximum absolute atomic E-state index is 2.30. The Morgan fingerprint density at radius 2 is 1.58 bits per heavy atom. The summed E-state index contributed by atoms with van der Waals surface area (Å²) in [5.74, 6) is 0. The fourth-order valence-electron chi connectivity index (χ4n) is 3.54. The normalized spacial score (nSPS) is 13.7. The van der Waals surface area contributed by atoms with Crippen LogP contribution in [0.2, 0.25) is 0 Å². The van der Waals surface area contributed by atoms with Crippen LogP contribution in [0.1, 0.15) is 31.4 Å². The Labute approximate surface area is 166 Å². The third kappa shape index (κ3) is 2.87. The van der Waals surface area contributed by atoms with E-state index in [9.17, 15) is 0 Å². The topological polar surface area (TPSA) is 0 Å². The average Bonchev–Trinajstić information content (AvgIpc) is 3.15. The smallest absolute Gasteiger partial charge is 1.00 e. The Bertz CT molecular complexity index is 1070. The minimum atomic E-state index is 0. The second-order valence-corrected chi connectivity index (χ2v) is 6.94. The van der Waals surface area contributed by atoms with E-state index in [2.05, 4.69) is 88.9 Å². The molecular weight excluding hydrogens is 371 g/mol. The number of benzene rings is 2. The van der Waals surface area contributed by atoms with Crippen LogP contribution < -0.4 is 35.3 Å². The first-order chi connectivity index (χ1) is 10.7. The molecule has 0 fully saturated rings. The van der Waals surface area contributed by atoms with Gasteiger partial charge in [0.05, 0.1) is 0 Å². The largest absolute Gasteiger partial charge is 1.00 e. The van der Waals surface area contributed by atoms with Gasteiger partial charge in [0.25, 0.3) is 0 Å². The van der Waals surface area contributed by atoms with Crippen molar-refractivity contribution in [1.82, 2.24) is 0 Å². The predicted octanol–water partition coefficient (Wildman–Crippen LogP) is -2.47. The van der Waals surface area contributed by atoms with E-state index in [1.54, 1.807) is 0 Å². The van der Waals surface area contributed by atoms with Crippen molar-refractivity contribution in [2.45, 2.75) is 20.3 Å². The average molecular weight is 388 g/mol. The van der Waals surface area contributed by atoms with Crippen molar-refractivity contribution < 1.29 is 45.2 Å². The molecule has 0 nitrogen and oxygen atoms in total. The van der Waals surface area contributed by atoms with Crippen molar-refractivity contribution >= 4 is 15.0 Å². The molecule has 4 rings (SSSR count). The molecule has 0 amide bonds. The predicted molar refractivity (Wildman–Crippen MR) is 88.8 cm³/mol. The summed E-state index contributed by atoms with van der Waals surface area (Å²) in [5.41, 5.74) is 5.71. The molecule has 2 aliphatic carbocycles. The number of rotatable bonds is 1. The molecule has 0 aromatic heterocycles. The van der Waals surface area contributed by atoms with Crippen LogP contribution in [0.15, 0.2) is 54.6 Å². The van der Waals surface area contributed by atoms with Gasteiger partial charge in [0.2, 0.25) is 0 Å². The van der Waals surface area contributed by atoms with Gasteiger partial charge in [0, 0.05) is 0 Å². The molecule has 0 heterocycles. The summed E-state index contributed by atoms with van der Waals surface area (Å²) in [4.78, 5) is 0. The van der Waals surface area contributed by atoms with Crippen LogP contribution in [0, 0.1) is 10.4 Å². The third-order valence-electron chi connectivity index (χ3n) is 4.57. The van der Waals surface area contributed by atoms with Crippen LogP contribution in [-0.2, 0) is 20.4 Å². The molecule has 0 spiro atoms. The molecule has 0 unspecified atom stereocenters. The van der Waals surface area contributed by atoms with Crippen LogP contribution in [0.3, 0.4) is 0 Å². The molecule has 2 aromatic rings. The van der Waals surface area contributed by atoms with Crippen molar-refractivity contribution in [3.63, 3.8) is 0 Å². The van der Waals surface area contributed by atoms with E-state index in [0.29, 0.717) is 0 Å². The van der Waals surface area contributed by atoms with Gasteiger partial charge in [-0.1, -0.05) is 0 Å². The molecule has 0 N–H and O–H groups in total. The second-order valence-electron chi connectivity index (χ2n) is 6.16. The summed E-state index contributed by atoms with van der Waals surface area (Å²) in [6, 6.07) is 13.4. The molecule has 2 aliphatic rings. The van der Waals surface area contributed by atoms with Gasteiger partial charge < -0.3 is 24.8 Å². The van der Waals surface area contributed by atoms with E-state index in [4.69, 9.17) is 0 Å². The minimum absolute atomic E-state index is 0. The molecule has 2 aromatic carbocycles. The fraction of sp³-hybridized carbons (Fsp3) is 0.143. The van der Waals surface area contributed by atoms with Gasteiger partial charge in [-0.15, -0.1) is 0 Å². The van der Waals surface area contributed by atoms with Gasteiger partial charge in [0.15, 0.2) is 0 Å². The maximum atomic E-state index is 2.30. The zero-order chi connectivity index (χ0) is 15.3. The molecule has 3 heteroatoms. The van der Waals surface area contributed by atoms with E-state index >= 15 is 0 Å². The van der Waals surface area contributed by atoms with Gasteiger partial charge >= 0.3 is 142 Å². The number of allylic oxidation sites excluding steroid dienone is 4. The summed E-state index contributed by atoms with van der Waals surface area (Å²) in [5, 5.41) is 5.54. The van der Waals surface area contributed by atoms with Crippen molar-refractivity contribution in [2.75, 3.05) is 0 Å². The van der Waals surface area contributed by atoms with Crippen LogP contribution >= 0.6 is 0 Å². The Morgan fingerprint density at radius 1 is 0.875 bits per heavy atom. The molecule has 24 heavy (non-hydrogen) atoms. The Morgan fingerprint density at radius 3 is 2.21 bits per heavy atom. The summed E-state index contributed by atoms with van der Waals surface area (Å²) in [6.45, 7) is 4.43. The van der Waals surface area contributed by atoms with Gasteiger partial charge in [-0.05, 0) is 0 Å². The van der Waals surface area contributed by atoms with E-state index in [0.717, 1.165) is 6.42 Å². The number of hydrogen-bond acceptors (Lipinski definition) is 0. The van der Waals surface area contributed by atoms with E-state index < -0.39 is 0 Å². The molecule has 0 atom stereocenters. The van der Waals surface area contributed by atoms with Crippen LogP contribution in [0.4, 0.5) is 0 Å². The quantitative estimate of drug-likeness (QED) is 0.476. The Hall–Kier alpha value is -1.05. The van der Waals surface area contributed by atoms with Gasteiger partial charge in [-0.3, -0.25) is 0 Å². The van der Waals surface area contributed by atoms with E-state index in [1.807, 2.05) is 0 Å². The van der Waals surface area contributed by atoms with Crippen molar-refractivity contribution in [3.05, 3.63) is 86.6 Å². The fourth-order valence-corrected chi connectivity index (χ4v) is 4.29. The summed E-state index contributed by atoms with van der Waals surface area (Å²) < 4.78 is 1.41. The number of hydrogen-bond donors (Lipinski definition) is 0. The zero-order valence-electron chi connectivity index (χ0n) is 13.7. The monoisotopic (exact) mass is 387 g/mol. The van der Waals surface area contributed by atoms with E-state index in [1.165, 1.54) is 47.0 Å². The first-order valence-electron chi connectivity index (χ1n) is 7.71.